The molecule has 2 heterocycles. The van der Waals surface area contributed by atoms with E-state index in [1.807, 2.05) is 49.3 Å². The second-order valence-corrected chi connectivity index (χ2v) is 8.22. The number of aliphatic hydroxyl groups excluding tert-OH is 1. The number of aliphatic hydroxyl groups is 1. The normalized spacial score (nSPS) is 17.6. The molecule has 6 nitrogen and oxygen atoms in total. The van der Waals surface area contributed by atoms with Crippen molar-refractivity contribution in [3.05, 3.63) is 100 Å². The van der Waals surface area contributed by atoms with E-state index in [1.54, 1.807) is 42.7 Å². The number of ketones is 1. The van der Waals surface area contributed by atoms with E-state index in [9.17, 15) is 14.7 Å². The summed E-state index contributed by atoms with van der Waals surface area (Å²) in [6.45, 7) is 0.190. The van der Waals surface area contributed by atoms with Gasteiger partial charge in [0.15, 0.2) is 0 Å². The van der Waals surface area contributed by atoms with Gasteiger partial charge in [-0.15, -0.1) is 0 Å². The Labute approximate surface area is 191 Å². The van der Waals surface area contributed by atoms with Crippen molar-refractivity contribution >= 4 is 34.7 Å². The Morgan fingerprint density at radius 3 is 2.34 bits per heavy atom. The number of likely N-dealkylation sites (tertiary alicyclic amines) is 1. The van der Waals surface area contributed by atoms with Gasteiger partial charge in [-0.05, 0) is 53.6 Å². The minimum atomic E-state index is -0.734. The molecule has 1 N–H and O–H groups in total. The van der Waals surface area contributed by atoms with E-state index >= 15 is 0 Å². The van der Waals surface area contributed by atoms with Gasteiger partial charge in [-0.2, -0.15) is 0 Å². The van der Waals surface area contributed by atoms with E-state index in [0.29, 0.717) is 10.6 Å². The second kappa shape index (κ2) is 8.85. The molecule has 0 spiro atoms. The first-order valence-electron chi connectivity index (χ1n) is 10.1. The van der Waals surface area contributed by atoms with Crippen molar-refractivity contribution in [2.75, 3.05) is 19.0 Å². The van der Waals surface area contributed by atoms with Gasteiger partial charge in [-0.1, -0.05) is 29.8 Å². The summed E-state index contributed by atoms with van der Waals surface area (Å²) in [5.41, 5.74) is 2.98. The first-order valence-corrected chi connectivity index (χ1v) is 10.4. The van der Waals surface area contributed by atoms with E-state index in [0.717, 1.165) is 16.8 Å². The number of carbonyl (C=O) groups is 2. The predicted octanol–water partition coefficient (Wildman–Crippen LogP) is 4.42. The molecule has 162 valence electrons. The highest BCUT2D eigenvalue weighted by Gasteiger charge is 2.46. The average Bonchev–Trinajstić information content (AvgIpc) is 3.05. The van der Waals surface area contributed by atoms with E-state index in [4.69, 9.17) is 11.6 Å². The third-order valence-corrected chi connectivity index (χ3v) is 5.71. The third-order valence-electron chi connectivity index (χ3n) is 5.46. The maximum Gasteiger partial charge on any atom is 0.295 e. The summed E-state index contributed by atoms with van der Waals surface area (Å²) < 4.78 is 0. The van der Waals surface area contributed by atoms with E-state index < -0.39 is 17.7 Å². The highest BCUT2D eigenvalue weighted by atomic mass is 35.5. The van der Waals surface area contributed by atoms with E-state index in [2.05, 4.69) is 4.98 Å². The Bertz CT molecular complexity index is 1170. The number of benzene rings is 2. The highest BCUT2D eigenvalue weighted by molar-refractivity contribution is 6.46. The summed E-state index contributed by atoms with van der Waals surface area (Å²) in [7, 11) is 3.87. The van der Waals surface area contributed by atoms with Gasteiger partial charge in [0.2, 0.25) is 0 Å². The van der Waals surface area contributed by atoms with Gasteiger partial charge >= 0.3 is 0 Å². The number of aromatic nitrogens is 1. The summed E-state index contributed by atoms with van der Waals surface area (Å²) >= 11 is 5.97. The fourth-order valence-corrected chi connectivity index (χ4v) is 3.92. The molecule has 0 unspecified atom stereocenters. The van der Waals surface area contributed by atoms with Gasteiger partial charge < -0.3 is 14.9 Å². The van der Waals surface area contributed by atoms with Crippen LogP contribution in [0.3, 0.4) is 0 Å². The number of amides is 1. The van der Waals surface area contributed by atoms with Gasteiger partial charge in [0.25, 0.3) is 11.7 Å². The molecule has 0 radical (unpaired) electrons. The lowest BCUT2D eigenvalue weighted by atomic mass is 9.95. The number of hydrogen-bond acceptors (Lipinski definition) is 5. The molecule has 7 heteroatoms. The molecule has 1 aliphatic heterocycles. The Morgan fingerprint density at radius 2 is 1.75 bits per heavy atom. The molecule has 0 saturated carbocycles. The Kier molecular flexibility index (Phi) is 5.97. The third kappa shape index (κ3) is 4.09. The van der Waals surface area contributed by atoms with Crippen LogP contribution < -0.4 is 4.90 Å². The fraction of sp³-hybridized carbons (Fsp3) is 0.160. The van der Waals surface area contributed by atoms with Gasteiger partial charge in [0.05, 0.1) is 11.6 Å². The molecule has 1 aliphatic rings. The number of hydrogen-bond donors (Lipinski definition) is 1. The Morgan fingerprint density at radius 1 is 1.06 bits per heavy atom. The second-order valence-electron chi connectivity index (χ2n) is 7.78. The Balaban J connectivity index is 1.84. The molecular weight excluding hydrogens is 426 g/mol. The summed E-state index contributed by atoms with van der Waals surface area (Å²) in [6, 6.07) is 17.0. The van der Waals surface area contributed by atoms with Crippen molar-refractivity contribution in [2.45, 2.75) is 12.6 Å². The number of nitrogens with zero attached hydrogens (tertiary/aromatic N) is 3. The topological polar surface area (TPSA) is 73.7 Å². The van der Waals surface area contributed by atoms with E-state index in [-0.39, 0.29) is 17.9 Å². The van der Waals surface area contributed by atoms with Crippen molar-refractivity contribution in [1.82, 2.24) is 9.88 Å². The molecule has 1 atom stereocenters. The van der Waals surface area contributed by atoms with Crippen LogP contribution in [0.5, 0.6) is 0 Å². The molecule has 1 saturated heterocycles. The summed E-state index contributed by atoms with van der Waals surface area (Å²) in [5, 5.41) is 11.6. The maximum absolute atomic E-state index is 13.1. The summed E-state index contributed by atoms with van der Waals surface area (Å²) in [5.74, 6) is -1.61. The quantitative estimate of drug-likeness (QED) is 0.356. The molecule has 1 amide bonds. The molecular formula is C25H22ClN3O3. The number of Topliss-reactive ketones (excluding diaryl/α,β-unsaturated/α-hetero) is 1. The predicted molar refractivity (Wildman–Crippen MR) is 124 cm³/mol. The molecule has 3 aromatic rings. The fourth-order valence-electron chi connectivity index (χ4n) is 3.80. The first kappa shape index (κ1) is 21.6. The van der Waals surface area contributed by atoms with Crippen molar-refractivity contribution in [1.29, 1.82) is 0 Å². The van der Waals surface area contributed by atoms with Crippen molar-refractivity contribution < 1.29 is 14.7 Å². The van der Waals surface area contributed by atoms with Gasteiger partial charge in [-0.25, -0.2) is 0 Å². The number of rotatable bonds is 5. The smallest absolute Gasteiger partial charge is 0.295 e. The molecule has 2 aromatic carbocycles. The lowest BCUT2D eigenvalue weighted by Gasteiger charge is -2.26. The first-order chi connectivity index (χ1) is 15.4. The van der Waals surface area contributed by atoms with Crippen LogP contribution in [0.25, 0.3) is 5.76 Å². The van der Waals surface area contributed by atoms with Gasteiger partial charge in [-0.3, -0.25) is 14.6 Å². The van der Waals surface area contributed by atoms with E-state index in [1.165, 1.54) is 4.90 Å². The minimum absolute atomic E-state index is 0.0545. The lowest BCUT2D eigenvalue weighted by Crippen LogP contribution is -2.29. The van der Waals surface area contributed by atoms with Crippen LogP contribution in [0.2, 0.25) is 5.02 Å². The number of pyridine rings is 1. The SMILES string of the molecule is CN(C)c1ccc([C@@H]2/C(=C(\O)c3ccc(Cl)cc3)C(=O)C(=O)N2Cc2cccnc2)cc1. The van der Waals surface area contributed by atoms with Crippen molar-refractivity contribution in [3.8, 4) is 0 Å². The standard InChI is InChI=1S/C25H22ClN3O3/c1-28(2)20-11-7-17(8-12-20)22-21(23(30)18-5-9-19(26)10-6-18)24(31)25(32)29(22)15-16-4-3-13-27-14-16/h3-14,22,30H,15H2,1-2H3/b23-21+/t22-/m1/s1. The van der Waals surface area contributed by atoms with Crippen LogP contribution in [0.15, 0.2) is 78.6 Å². The zero-order valence-corrected chi connectivity index (χ0v) is 18.5. The van der Waals surface area contributed by atoms with Crippen LogP contribution in [-0.4, -0.2) is 40.8 Å². The summed E-state index contributed by atoms with van der Waals surface area (Å²) in [4.78, 5) is 33.7. The molecule has 1 fully saturated rings. The maximum atomic E-state index is 13.1. The average molecular weight is 448 g/mol. The zero-order chi connectivity index (χ0) is 22.8. The molecule has 4 rings (SSSR count). The minimum Gasteiger partial charge on any atom is -0.507 e. The van der Waals surface area contributed by atoms with Gasteiger partial charge in [0.1, 0.15) is 5.76 Å². The molecule has 32 heavy (non-hydrogen) atoms. The molecule has 1 aromatic heterocycles. The monoisotopic (exact) mass is 447 g/mol. The largest absolute Gasteiger partial charge is 0.507 e. The highest BCUT2D eigenvalue weighted by Crippen LogP contribution is 2.40. The lowest BCUT2D eigenvalue weighted by molar-refractivity contribution is -0.140. The Hall–Kier alpha value is -3.64. The van der Waals surface area contributed by atoms with Crippen LogP contribution in [-0.2, 0) is 16.1 Å². The van der Waals surface area contributed by atoms with Crippen LogP contribution in [0, 0.1) is 0 Å². The van der Waals surface area contributed by atoms with Crippen molar-refractivity contribution in [2.24, 2.45) is 0 Å². The van der Waals surface area contributed by atoms with Gasteiger partial charge in [0, 0.05) is 49.3 Å². The number of anilines is 1. The van der Waals surface area contributed by atoms with Crippen LogP contribution in [0.1, 0.15) is 22.7 Å². The van der Waals surface area contributed by atoms with Crippen molar-refractivity contribution in [3.63, 3.8) is 0 Å². The molecule has 0 aliphatic carbocycles. The van der Waals surface area contributed by atoms with Crippen LogP contribution in [0.4, 0.5) is 5.69 Å². The number of carbonyl (C=O) groups excluding carboxylic acids is 2. The number of halogens is 1. The van der Waals surface area contributed by atoms with Crippen LogP contribution >= 0.6 is 11.6 Å². The zero-order valence-electron chi connectivity index (χ0n) is 17.7. The molecule has 0 bridgehead atoms. The summed E-state index contributed by atoms with van der Waals surface area (Å²) in [6.07, 6.45) is 3.31.